The minimum Gasteiger partial charge on any atom is -0.462 e. The van der Waals surface area contributed by atoms with Crippen molar-refractivity contribution in [2.24, 2.45) is 0 Å². The summed E-state index contributed by atoms with van der Waals surface area (Å²) in [5.41, 5.74) is 2.09. The minimum absolute atomic E-state index is 0.0408. The van der Waals surface area contributed by atoms with Crippen LogP contribution >= 0.6 is 0 Å². The fraction of sp³-hybridized carbons (Fsp3) is 0.385. The van der Waals surface area contributed by atoms with Crippen molar-refractivity contribution in [3.8, 4) is 17.0 Å². The van der Waals surface area contributed by atoms with E-state index >= 15 is 0 Å². The van der Waals surface area contributed by atoms with Gasteiger partial charge in [-0.1, -0.05) is 6.07 Å². The molecule has 1 saturated heterocycles. The third-order valence-electron chi connectivity index (χ3n) is 5.95. The van der Waals surface area contributed by atoms with E-state index in [1.165, 1.54) is 13.0 Å². The van der Waals surface area contributed by atoms with E-state index in [1.54, 1.807) is 19.1 Å². The first kappa shape index (κ1) is 23.7. The van der Waals surface area contributed by atoms with Gasteiger partial charge in [0.05, 0.1) is 38.7 Å². The number of carbonyl (C=O) groups excluding carboxylic acids is 1. The summed E-state index contributed by atoms with van der Waals surface area (Å²) < 4.78 is 19.5. The van der Waals surface area contributed by atoms with Gasteiger partial charge in [-0.25, -0.2) is 9.37 Å². The van der Waals surface area contributed by atoms with Crippen molar-refractivity contribution in [1.29, 1.82) is 0 Å². The van der Waals surface area contributed by atoms with Crippen molar-refractivity contribution >= 4 is 5.91 Å². The normalized spacial score (nSPS) is 17.2. The van der Waals surface area contributed by atoms with Crippen molar-refractivity contribution in [2.45, 2.75) is 32.7 Å². The number of halogens is 1. The molecule has 5 nitrogen and oxygen atoms in total. The second kappa shape index (κ2) is 10.1. The Bertz CT molecular complexity index is 998. The van der Waals surface area contributed by atoms with Crippen LogP contribution in [0.3, 0.4) is 0 Å². The second-order valence-corrected chi connectivity index (χ2v) is 9.10. The van der Waals surface area contributed by atoms with Crippen LogP contribution in [-0.2, 0) is 0 Å². The Morgan fingerprint density at radius 3 is 2.38 bits per heavy atom. The summed E-state index contributed by atoms with van der Waals surface area (Å²) in [6.45, 7) is 5.30. The van der Waals surface area contributed by atoms with Crippen LogP contribution in [0.2, 0.25) is 0 Å². The van der Waals surface area contributed by atoms with Gasteiger partial charge < -0.3 is 14.1 Å². The summed E-state index contributed by atoms with van der Waals surface area (Å²) in [6.07, 6.45) is 4.96. The molecule has 32 heavy (non-hydrogen) atoms. The third kappa shape index (κ3) is 6.26. The number of carbonyl (C=O) groups is 1. The number of quaternary nitrogens is 1. The molecular formula is C26H33FN3O2+. The first-order valence-electron chi connectivity index (χ1n) is 11.0. The van der Waals surface area contributed by atoms with Gasteiger partial charge in [-0.15, -0.1) is 0 Å². The molecule has 0 atom stereocenters. The smallest absolute Gasteiger partial charge is 0.272 e. The Morgan fingerprint density at radius 2 is 1.75 bits per heavy atom. The van der Waals surface area contributed by atoms with Gasteiger partial charge in [0.15, 0.2) is 0 Å². The van der Waals surface area contributed by atoms with Crippen molar-refractivity contribution in [3.05, 3.63) is 71.9 Å². The van der Waals surface area contributed by atoms with Gasteiger partial charge in [-0.3, -0.25) is 4.79 Å². The van der Waals surface area contributed by atoms with Crippen LogP contribution in [0.1, 0.15) is 37.2 Å². The van der Waals surface area contributed by atoms with Gasteiger partial charge in [0.25, 0.3) is 5.91 Å². The van der Waals surface area contributed by atoms with Crippen LogP contribution in [0.15, 0.2) is 66.2 Å². The van der Waals surface area contributed by atoms with Crippen molar-refractivity contribution < 1.29 is 18.4 Å². The lowest BCUT2D eigenvalue weighted by Gasteiger charge is -2.40. The predicted molar refractivity (Wildman–Crippen MR) is 126 cm³/mol. The molecule has 0 bridgehead atoms. The third-order valence-corrected chi connectivity index (χ3v) is 5.95. The molecule has 3 rings (SSSR count). The summed E-state index contributed by atoms with van der Waals surface area (Å²) in [5.74, 6) is 0.924. The fourth-order valence-electron chi connectivity index (χ4n) is 3.85. The Kier molecular flexibility index (Phi) is 7.46. The number of rotatable bonds is 6. The number of likely N-dealkylation sites (tertiary alicyclic amines) is 1. The number of allylic oxidation sites excluding steroid dienone is 4. The highest BCUT2D eigenvalue weighted by Gasteiger charge is 2.31. The molecule has 1 aromatic carbocycles. The zero-order valence-electron chi connectivity index (χ0n) is 19.6. The zero-order valence-corrected chi connectivity index (χ0v) is 19.6. The number of amides is 1. The molecule has 0 aliphatic carbocycles. The number of piperidine rings is 1. The van der Waals surface area contributed by atoms with E-state index in [0.717, 1.165) is 41.7 Å². The van der Waals surface area contributed by atoms with Gasteiger partial charge >= 0.3 is 0 Å². The molecule has 1 aromatic heterocycles. The average molecular weight is 439 g/mol. The Balaban J connectivity index is 1.69. The molecular weight excluding hydrogens is 405 g/mol. The standard InChI is InChI=1S/C26H33FN3O2/c1-19(27)9-10-20(2)32-23-13-11-21(12-14-23)24-7-6-8-25(28-24)26(31)29(3)22-15-17-30(4,5)18-16-22/h6-14,22H,15-18H2,1-5H3/q+1. The minimum atomic E-state index is -0.277. The molecule has 0 radical (unpaired) electrons. The molecule has 0 unspecified atom stereocenters. The Morgan fingerprint density at radius 1 is 1.09 bits per heavy atom. The van der Waals surface area contributed by atoms with Crippen molar-refractivity contribution in [1.82, 2.24) is 9.88 Å². The van der Waals surface area contributed by atoms with Crippen LogP contribution < -0.4 is 4.74 Å². The highest BCUT2D eigenvalue weighted by molar-refractivity contribution is 5.93. The molecule has 1 aliphatic heterocycles. The van der Waals surface area contributed by atoms with Crippen molar-refractivity contribution in [2.75, 3.05) is 34.2 Å². The molecule has 6 heteroatoms. The molecule has 1 aliphatic rings. The number of hydrogen-bond acceptors (Lipinski definition) is 3. The molecule has 0 spiro atoms. The predicted octanol–water partition coefficient (Wildman–Crippen LogP) is 5.22. The lowest BCUT2D eigenvalue weighted by atomic mass is 10.0. The molecule has 0 N–H and O–H groups in total. The number of ether oxygens (including phenoxy) is 1. The molecule has 1 amide bonds. The van der Waals surface area contributed by atoms with Crippen LogP contribution in [0.25, 0.3) is 11.3 Å². The second-order valence-electron chi connectivity index (χ2n) is 9.10. The largest absolute Gasteiger partial charge is 0.462 e. The first-order chi connectivity index (χ1) is 15.1. The summed E-state index contributed by atoms with van der Waals surface area (Å²) in [6, 6.07) is 13.3. The number of hydrogen-bond donors (Lipinski definition) is 0. The average Bonchev–Trinajstić information content (AvgIpc) is 2.77. The molecule has 170 valence electrons. The number of nitrogens with zero attached hydrogens (tertiary/aromatic N) is 3. The van der Waals surface area contributed by atoms with Gasteiger partial charge in [-0.2, -0.15) is 0 Å². The highest BCUT2D eigenvalue weighted by atomic mass is 19.1. The van der Waals surface area contributed by atoms with E-state index in [9.17, 15) is 9.18 Å². The van der Waals surface area contributed by atoms with Crippen LogP contribution in [0, 0.1) is 0 Å². The van der Waals surface area contributed by atoms with Crippen LogP contribution in [-0.4, -0.2) is 60.5 Å². The Hall–Kier alpha value is -2.99. The number of benzene rings is 1. The van der Waals surface area contributed by atoms with Crippen LogP contribution in [0.5, 0.6) is 5.75 Å². The van der Waals surface area contributed by atoms with E-state index in [2.05, 4.69) is 19.1 Å². The van der Waals surface area contributed by atoms with E-state index in [-0.39, 0.29) is 17.8 Å². The maximum absolute atomic E-state index is 13.1. The van der Waals surface area contributed by atoms with E-state index in [1.807, 2.05) is 48.3 Å². The SMILES string of the molecule is CC(F)=CC=C(C)Oc1ccc(-c2cccc(C(=O)N(C)C3CC[N+](C)(C)CC3)n2)cc1. The summed E-state index contributed by atoms with van der Waals surface area (Å²) in [5, 5.41) is 0. The van der Waals surface area contributed by atoms with E-state index in [4.69, 9.17) is 4.74 Å². The summed E-state index contributed by atoms with van der Waals surface area (Å²) in [7, 11) is 6.35. The van der Waals surface area contributed by atoms with E-state index < -0.39 is 0 Å². The zero-order chi connectivity index (χ0) is 23.3. The first-order valence-corrected chi connectivity index (χ1v) is 11.0. The molecule has 2 heterocycles. The topological polar surface area (TPSA) is 42.4 Å². The Labute approximate surface area is 190 Å². The highest BCUT2D eigenvalue weighted by Crippen LogP contribution is 2.24. The maximum atomic E-state index is 13.1. The van der Waals surface area contributed by atoms with E-state index in [0.29, 0.717) is 17.2 Å². The molecule has 1 fully saturated rings. The lowest BCUT2D eigenvalue weighted by molar-refractivity contribution is -0.895. The van der Waals surface area contributed by atoms with Gasteiger partial charge in [-0.05, 0) is 62.4 Å². The number of pyridine rings is 1. The van der Waals surface area contributed by atoms with Gasteiger partial charge in [0.1, 0.15) is 17.2 Å². The molecule has 0 saturated carbocycles. The maximum Gasteiger partial charge on any atom is 0.272 e. The van der Waals surface area contributed by atoms with Gasteiger partial charge in [0.2, 0.25) is 0 Å². The quantitative estimate of drug-likeness (QED) is 0.353. The summed E-state index contributed by atoms with van der Waals surface area (Å²) >= 11 is 0. The summed E-state index contributed by atoms with van der Waals surface area (Å²) in [4.78, 5) is 19.6. The lowest BCUT2D eigenvalue weighted by Crippen LogP contribution is -2.52. The van der Waals surface area contributed by atoms with Crippen molar-refractivity contribution in [3.63, 3.8) is 0 Å². The van der Waals surface area contributed by atoms with Crippen LogP contribution in [0.4, 0.5) is 4.39 Å². The fourth-order valence-corrected chi connectivity index (χ4v) is 3.85. The monoisotopic (exact) mass is 438 g/mol. The van der Waals surface area contributed by atoms with Gasteiger partial charge in [0, 0.05) is 31.5 Å². The molecule has 2 aromatic rings. The number of aromatic nitrogens is 1.